The van der Waals surface area contributed by atoms with Crippen LogP contribution in [0.2, 0.25) is 0 Å². The summed E-state index contributed by atoms with van der Waals surface area (Å²) in [5, 5.41) is 12.4. The third-order valence-corrected chi connectivity index (χ3v) is 5.27. The summed E-state index contributed by atoms with van der Waals surface area (Å²) in [7, 11) is 0. The van der Waals surface area contributed by atoms with Crippen LogP contribution in [0.5, 0.6) is 0 Å². The Morgan fingerprint density at radius 3 is 2.42 bits per heavy atom. The summed E-state index contributed by atoms with van der Waals surface area (Å²) in [6.45, 7) is 2.10. The number of nitriles is 1. The average Bonchev–Trinajstić information content (AvgIpc) is 2.95. The highest BCUT2D eigenvalue weighted by Crippen LogP contribution is 2.41. The minimum atomic E-state index is -0.267. The molecule has 0 radical (unpaired) electrons. The van der Waals surface area contributed by atoms with Gasteiger partial charge in [-0.05, 0) is 38.0 Å². The van der Waals surface area contributed by atoms with Crippen LogP contribution in [0.25, 0.3) is 0 Å². The first-order valence-corrected chi connectivity index (χ1v) is 7.92. The molecule has 3 nitrogen and oxygen atoms in total. The molecule has 0 aliphatic heterocycles. The molecule has 0 bridgehead atoms. The molecule has 1 unspecified atom stereocenters. The Balaban J connectivity index is 1.97. The first-order chi connectivity index (χ1) is 9.22. The first-order valence-electron chi connectivity index (χ1n) is 7.92. The van der Waals surface area contributed by atoms with E-state index in [9.17, 15) is 10.1 Å². The van der Waals surface area contributed by atoms with Crippen molar-refractivity contribution in [2.45, 2.75) is 77.2 Å². The van der Waals surface area contributed by atoms with Gasteiger partial charge in [0.2, 0.25) is 5.91 Å². The molecule has 0 aromatic carbocycles. The number of hydrogen-bond donors (Lipinski definition) is 1. The van der Waals surface area contributed by atoms with E-state index in [-0.39, 0.29) is 17.4 Å². The van der Waals surface area contributed by atoms with Gasteiger partial charge in [0, 0.05) is 5.41 Å². The fourth-order valence-corrected chi connectivity index (χ4v) is 3.81. The second kappa shape index (κ2) is 6.41. The van der Waals surface area contributed by atoms with Gasteiger partial charge in [-0.15, -0.1) is 0 Å². The molecular weight excluding hydrogens is 236 g/mol. The van der Waals surface area contributed by atoms with Crippen molar-refractivity contribution in [2.75, 3.05) is 0 Å². The molecule has 2 saturated carbocycles. The Labute approximate surface area is 116 Å². The van der Waals surface area contributed by atoms with E-state index >= 15 is 0 Å². The van der Waals surface area contributed by atoms with Crippen molar-refractivity contribution in [3.63, 3.8) is 0 Å². The van der Waals surface area contributed by atoms with E-state index in [0.717, 1.165) is 44.9 Å². The maximum Gasteiger partial charge on any atom is 0.227 e. The zero-order chi connectivity index (χ0) is 13.7. The molecule has 19 heavy (non-hydrogen) atoms. The molecule has 2 aliphatic rings. The van der Waals surface area contributed by atoms with Gasteiger partial charge in [0.15, 0.2) is 0 Å². The van der Waals surface area contributed by atoms with Crippen molar-refractivity contribution < 1.29 is 4.79 Å². The molecule has 0 spiro atoms. The van der Waals surface area contributed by atoms with E-state index in [1.54, 1.807) is 0 Å². The average molecular weight is 262 g/mol. The van der Waals surface area contributed by atoms with Crippen LogP contribution in [-0.2, 0) is 4.79 Å². The van der Waals surface area contributed by atoms with Crippen molar-refractivity contribution in [1.29, 1.82) is 5.26 Å². The van der Waals surface area contributed by atoms with Crippen molar-refractivity contribution in [3.8, 4) is 6.07 Å². The Hall–Kier alpha value is -1.04. The van der Waals surface area contributed by atoms with Gasteiger partial charge in [0.05, 0.1) is 6.07 Å². The van der Waals surface area contributed by atoms with Gasteiger partial charge >= 0.3 is 0 Å². The number of carbonyl (C=O) groups is 1. The highest BCUT2D eigenvalue weighted by Gasteiger charge is 2.40. The molecule has 106 valence electrons. The third kappa shape index (κ3) is 3.11. The lowest BCUT2D eigenvalue weighted by atomic mass is 9.80. The maximum absolute atomic E-state index is 12.5. The maximum atomic E-state index is 12.5. The van der Waals surface area contributed by atoms with E-state index in [4.69, 9.17) is 0 Å². The molecule has 3 heteroatoms. The molecule has 1 atom stereocenters. The Morgan fingerprint density at radius 2 is 1.89 bits per heavy atom. The van der Waals surface area contributed by atoms with Crippen molar-refractivity contribution in [1.82, 2.24) is 5.32 Å². The third-order valence-electron chi connectivity index (χ3n) is 5.27. The molecule has 2 rings (SSSR count). The number of carbonyl (C=O) groups excluding carboxylic acids is 1. The van der Waals surface area contributed by atoms with Crippen LogP contribution in [0.15, 0.2) is 0 Å². The number of rotatable bonds is 4. The highest BCUT2D eigenvalue weighted by molar-refractivity contribution is 5.83. The summed E-state index contributed by atoms with van der Waals surface area (Å²) in [6.07, 6.45) is 11.1. The molecular formula is C16H26N2O. The second-order valence-electron chi connectivity index (χ2n) is 6.32. The quantitative estimate of drug-likeness (QED) is 0.842. The highest BCUT2D eigenvalue weighted by atomic mass is 16.2. The molecule has 1 amide bonds. The van der Waals surface area contributed by atoms with E-state index in [1.807, 2.05) is 0 Å². The lowest BCUT2D eigenvalue weighted by molar-refractivity contribution is -0.131. The fourth-order valence-electron chi connectivity index (χ4n) is 3.81. The van der Waals surface area contributed by atoms with Crippen molar-refractivity contribution in [3.05, 3.63) is 0 Å². The molecule has 0 saturated heterocycles. The van der Waals surface area contributed by atoms with Crippen LogP contribution in [0.3, 0.4) is 0 Å². The monoisotopic (exact) mass is 262 g/mol. The van der Waals surface area contributed by atoms with Crippen LogP contribution in [0.4, 0.5) is 0 Å². The Bertz CT molecular complexity index is 346. The largest absolute Gasteiger partial charge is 0.340 e. The number of hydrogen-bond acceptors (Lipinski definition) is 2. The van der Waals surface area contributed by atoms with Gasteiger partial charge in [-0.3, -0.25) is 4.79 Å². The summed E-state index contributed by atoms with van der Waals surface area (Å²) in [5.41, 5.74) is -0.177. The molecule has 2 fully saturated rings. The van der Waals surface area contributed by atoms with Gasteiger partial charge in [-0.25, -0.2) is 0 Å². The standard InChI is InChI=1S/C16H26N2O/c1-2-16(10-6-7-11-16)15(19)18-14(12-17)13-8-4-3-5-9-13/h13-14H,2-11H2,1H3,(H,18,19). The SMILES string of the molecule is CCC1(C(=O)NC(C#N)C2CCCCC2)CCCC1. The number of nitrogens with zero attached hydrogens (tertiary/aromatic N) is 1. The molecule has 1 N–H and O–H groups in total. The summed E-state index contributed by atoms with van der Waals surface area (Å²) in [6, 6.07) is 2.07. The first kappa shape index (κ1) is 14.4. The van der Waals surface area contributed by atoms with Crippen LogP contribution in [-0.4, -0.2) is 11.9 Å². The summed E-state index contributed by atoms with van der Waals surface area (Å²) in [5.74, 6) is 0.516. The van der Waals surface area contributed by atoms with E-state index in [2.05, 4.69) is 18.3 Å². The molecule has 0 heterocycles. The van der Waals surface area contributed by atoms with Crippen LogP contribution < -0.4 is 5.32 Å². The number of amides is 1. The molecule has 2 aliphatic carbocycles. The van der Waals surface area contributed by atoms with Crippen LogP contribution >= 0.6 is 0 Å². The predicted octanol–water partition coefficient (Wildman–Crippen LogP) is 3.55. The van der Waals surface area contributed by atoms with Gasteiger partial charge in [0.25, 0.3) is 0 Å². The minimum Gasteiger partial charge on any atom is -0.340 e. The van der Waals surface area contributed by atoms with Gasteiger partial charge in [-0.1, -0.05) is 39.0 Å². The summed E-state index contributed by atoms with van der Waals surface area (Å²) < 4.78 is 0. The topological polar surface area (TPSA) is 52.9 Å². The van der Waals surface area contributed by atoms with E-state index in [1.165, 1.54) is 19.3 Å². The fraction of sp³-hybridized carbons (Fsp3) is 0.875. The van der Waals surface area contributed by atoms with E-state index < -0.39 is 0 Å². The Kier molecular flexibility index (Phi) is 4.85. The van der Waals surface area contributed by atoms with Gasteiger partial charge < -0.3 is 5.32 Å². The van der Waals surface area contributed by atoms with Crippen molar-refractivity contribution in [2.24, 2.45) is 11.3 Å². The summed E-state index contributed by atoms with van der Waals surface area (Å²) in [4.78, 5) is 12.5. The van der Waals surface area contributed by atoms with Gasteiger partial charge in [0.1, 0.15) is 6.04 Å². The van der Waals surface area contributed by atoms with Crippen LogP contribution in [0, 0.1) is 22.7 Å². The molecule has 0 aromatic heterocycles. The zero-order valence-corrected chi connectivity index (χ0v) is 12.1. The smallest absolute Gasteiger partial charge is 0.227 e. The van der Waals surface area contributed by atoms with E-state index in [0.29, 0.717) is 5.92 Å². The van der Waals surface area contributed by atoms with Crippen molar-refractivity contribution >= 4 is 5.91 Å². The predicted molar refractivity (Wildman–Crippen MR) is 75.3 cm³/mol. The second-order valence-corrected chi connectivity index (χ2v) is 6.32. The number of nitrogens with one attached hydrogen (secondary N) is 1. The summed E-state index contributed by atoms with van der Waals surface area (Å²) >= 11 is 0. The zero-order valence-electron chi connectivity index (χ0n) is 12.1. The Morgan fingerprint density at radius 1 is 1.26 bits per heavy atom. The van der Waals surface area contributed by atoms with Gasteiger partial charge in [-0.2, -0.15) is 5.26 Å². The normalized spacial score (nSPS) is 24.6. The molecule has 0 aromatic rings. The lowest BCUT2D eigenvalue weighted by Crippen LogP contribution is -2.47. The van der Waals surface area contributed by atoms with Crippen LogP contribution in [0.1, 0.15) is 71.1 Å². The minimum absolute atomic E-state index is 0.143. The lowest BCUT2D eigenvalue weighted by Gasteiger charge is -2.31.